The second-order valence-corrected chi connectivity index (χ2v) is 5.46. The highest BCUT2D eigenvalue weighted by Crippen LogP contribution is 2.45. The van der Waals surface area contributed by atoms with Crippen LogP contribution in [0, 0.1) is 5.82 Å². The molecular formula is C13H12ClF7N2. The summed E-state index contributed by atoms with van der Waals surface area (Å²) in [4.78, 5) is 0.778. The van der Waals surface area contributed by atoms with E-state index in [0.717, 1.165) is 4.90 Å². The summed E-state index contributed by atoms with van der Waals surface area (Å²) < 4.78 is 93.7. The first-order valence-corrected chi connectivity index (χ1v) is 6.98. The fourth-order valence-corrected chi connectivity index (χ4v) is 2.74. The second kappa shape index (κ2) is 6.45. The Balaban J connectivity index is 2.64. The van der Waals surface area contributed by atoms with E-state index in [4.69, 9.17) is 11.6 Å². The van der Waals surface area contributed by atoms with Gasteiger partial charge in [0.15, 0.2) is 0 Å². The van der Waals surface area contributed by atoms with Gasteiger partial charge >= 0.3 is 12.4 Å². The van der Waals surface area contributed by atoms with Crippen LogP contribution in [0.1, 0.15) is 17.2 Å². The molecule has 1 aliphatic heterocycles. The average Bonchev–Trinajstić information content (AvgIpc) is 2.42. The summed E-state index contributed by atoms with van der Waals surface area (Å²) in [6.07, 6.45) is -10.2. The van der Waals surface area contributed by atoms with Crippen LogP contribution >= 0.6 is 11.6 Å². The van der Waals surface area contributed by atoms with Crippen molar-refractivity contribution in [3.05, 3.63) is 34.1 Å². The van der Waals surface area contributed by atoms with E-state index in [1.54, 1.807) is 0 Å². The molecule has 1 aliphatic rings. The van der Waals surface area contributed by atoms with E-state index < -0.39 is 40.4 Å². The molecule has 1 aromatic rings. The molecule has 1 saturated heterocycles. The van der Waals surface area contributed by atoms with Crippen LogP contribution in [0.25, 0.3) is 0 Å². The van der Waals surface area contributed by atoms with E-state index in [0.29, 0.717) is 12.1 Å². The minimum atomic E-state index is -5.13. The Labute approximate surface area is 132 Å². The summed E-state index contributed by atoms with van der Waals surface area (Å²) >= 11 is 5.43. The van der Waals surface area contributed by atoms with Gasteiger partial charge in [-0.05, 0) is 12.1 Å². The first-order chi connectivity index (χ1) is 10.5. The normalized spacial score (nSPS) is 19.0. The van der Waals surface area contributed by atoms with E-state index in [9.17, 15) is 30.7 Å². The van der Waals surface area contributed by atoms with Gasteiger partial charge < -0.3 is 5.32 Å². The largest absolute Gasteiger partial charge is 0.416 e. The Morgan fingerprint density at radius 3 is 2.09 bits per heavy atom. The lowest BCUT2D eigenvalue weighted by molar-refractivity contribution is -0.191. The molecule has 0 saturated carbocycles. The first kappa shape index (κ1) is 18.3. The van der Waals surface area contributed by atoms with E-state index in [1.807, 2.05) is 0 Å². The molecular weight excluding hydrogens is 353 g/mol. The minimum absolute atomic E-state index is 0.159. The molecule has 0 radical (unpaired) electrons. The summed E-state index contributed by atoms with van der Waals surface area (Å²) in [5, 5.41) is 2.01. The van der Waals surface area contributed by atoms with Crippen molar-refractivity contribution < 1.29 is 30.7 Å². The molecule has 0 unspecified atom stereocenters. The van der Waals surface area contributed by atoms with Crippen molar-refractivity contribution in [1.29, 1.82) is 0 Å². The SMILES string of the molecule is Fc1c(Cl)ccc(C(F)(F)F)c1[C@H](N1CCNCC1)C(F)(F)F. The predicted molar refractivity (Wildman–Crippen MR) is 69.7 cm³/mol. The van der Waals surface area contributed by atoms with Gasteiger partial charge in [-0.3, -0.25) is 4.90 Å². The lowest BCUT2D eigenvalue weighted by Crippen LogP contribution is -2.49. The number of rotatable bonds is 2. The van der Waals surface area contributed by atoms with Gasteiger partial charge in [-0.15, -0.1) is 0 Å². The number of nitrogens with zero attached hydrogens (tertiary/aromatic N) is 1. The highest BCUT2D eigenvalue weighted by Gasteiger charge is 2.50. The molecule has 0 aliphatic carbocycles. The van der Waals surface area contributed by atoms with E-state index in [-0.39, 0.29) is 26.2 Å². The van der Waals surface area contributed by atoms with Crippen molar-refractivity contribution >= 4 is 11.6 Å². The molecule has 1 heterocycles. The van der Waals surface area contributed by atoms with Crippen molar-refractivity contribution in [3.8, 4) is 0 Å². The molecule has 1 fully saturated rings. The quantitative estimate of drug-likeness (QED) is 0.798. The Morgan fingerprint density at radius 1 is 1.04 bits per heavy atom. The van der Waals surface area contributed by atoms with Crippen LogP contribution in [0.15, 0.2) is 12.1 Å². The van der Waals surface area contributed by atoms with E-state index >= 15 is 0 Å². The first-order valence-electron chi connectivity index (χ1n) is 6.60. The fraction of sp³-hybridized carbons (Fsp3) is 0.538. The van der Waals surface area contributed by atoms with Crippen molar-refractivity contribution in [2.24, 2.45) is 0 Å². The monoisotopic (exact) mass is 364 g/mol. The van der Waals surface area contributed by atoms with Gasteiger partial charge in [-0.25, -0.2) is 4.39 Å². The van der Waals surface area contributed by atoms with Gasteiger partial charge in [0, 0.05) is 31.7 Å². The maximum atomic E-state index is 14.2. The topological polar surface area (TPSA) is 15.3 Å². The van der Waals surface area contributed by atoms with Crippen molar-refractivity contribution in [2.75, 3.05) is 26.2 Å². The van der Waals surface area contributed by atoms with Gasteiger partial charge in [-0.2, -0.15) is 26.3 Å². The van der Waals surface area contributed by atoms with Crippen LogP contribution in [-0.2, 0) is 6.18 Å². The summed E-state index contributed by atoms with van der Waals surface area (Å²) in [6.45, 7) is 0.00703. The Hall–Kier alpha value is -1.06. The van der Waals surface area contributed by atoms with Gasteiger partial charge in [-0.1, -0.05) is 11.6 Å². The molecule has 23 heavy (non-hydrogen) atoms. The van der Waals surface area contributed by atoms with Crippen LogP contribution in [0.3, 0.4) is 0 Å². The predicted octanol–water partition coefficient (Wildman–Crippen LogP) is 4.01. The number of halogens is 8. The van der Waals surface area contributed by atoms with Gasteiger partial charge in [0.2, 0.25) is 0 Å². The highest BCUT2D eigenvalue weighted by atomic mass is 35.5. The zero-order chi connectivity index (χ0) is 17.4. The van der Waals surface area contributed by atoms with E-state index in [1.165, 1.54) is 0 Å². The van der Waals surface area contributed by atoms with Gasteiger partial charge in [0.25, 0.3) is 0 Å². The van der Waals surface area contributed by atoms with Gasteiger partial charge in [0.1, 0.15) is 11.9 Å². The highest BCUT2D eigenvalue weighted by molar-refractivity contribution is 6.30. The molecule has 10 heteroatoms. The van der Waals surface area contributed by atoms with E-state index in [2.05, 4.69) is 5.32 Å². The molecule has 2 nitrogen and oxygen atoms in total. The van der Waals surface area contributed by atoms with Crippen LogP contribution in [-0.4, -0.2) is 37.3 Å². The van der Waals surface area contributed by atoms with Crippen molar-refractivity contribution in [1.82, 2.24) is 10.2 Å². The molecule has 0 spiro atoms. The standard InChI is InChI=1S/C13H12ClF7N2/c14-8-2-1-7(12(16,17)18)9(10(8)15)11(13(19,20)21)23-5-3-22-4-6-23/h1-2,11,22H,3-6H2/t11-/m0/s1. The van der Waals surface area contributed by atoms with Crippen molar-refractivity contribution in [2.45, 2.75) is 18.4 Å². The third-order valence-electron chi connectivity index (χ3n) is 3.54. The summed E-state index contributed by atoms with van der Waals surface area (Å²) in [5.74, 6) is -1.69. The third-order valence-corrected chi connectivity index (χ3v) is 3.83. The smallest absolute Gasteiger partial charge is 0.314 e. The number of piperazine rings is 1. The second-order valence-electron chi connectivity index (χ2n) is 5.05. The third kappa shape index (κ3) is 3.89. The number of alkyl halides is 6. The summed E-state index contributed by atoms with van der Waals surface area (Å²) in [5.41, 5.74) is -3.14. The van der Waals surface area contributed by atoms with Gasteiger partial charge in [0.05, 0.1) is 10.6 Å². The zero-order valence-electron chi connectivity index (χ0n) is 11.5. The molecule has 0 amide bonds. The van der Waals surface area contributed by atoms with Crippen LogP contribution in [0.4, 0.5) is 30.7 Å². The van der Waals surface area contributed by atoms with Crippen LogP contribution in [0.5, 0.6) is 0 Å². The molecule has 1 aromatic carbocycles. The molecule has 2 rings (SSSR count). The number of hydrogen-bond donors (Lipinski definition) is 1. The lowest BCUT2D eigenvalue weighted by Gasteiger charge is -2.37. The summed E-state index contributed by atoms with van der Waals surface area (Å²) in [7, 11) is 0. The minimum Gasteiger partial charge on any atom is -0.314 e. The molecule has 130 valence electrons. The lowest BCUT2D eigenvalue weighted by atomic mass is 9.96. The maximum Gasteiger partial charge on any atom is 0.416 e. The van der Waals surface area contributed by atoms with Crippen LogP contribution in [0.2, 0.25) is 5.02 Å². The molecule has 0 aromatic heterocycles. The molecule has 1 N–H and O–H groups in total. The molecule has 1 atom stereocenters. The maximum absolute atomic E-state index is 14.2. The van der Waals surface area contributed by atoms with Crippen LogP contribution < -0.4 is 5.32 Å². The number of hydrogen-bond acceptors (Lipinski definition) is 2. The average molecular weight is 365 g/mol. The number of nitrogens with one attached hydrogen (secondary N) is 1. The van der Waals surface area contributed by atoms with Crippen molar-refractivity contribution in [3.63, 3.8) is 0 Å². The summed E-state index contributed by atoms with van der Waals surface area (Å²) in [6, 6.07) is -1.73. The Kier molecular flexibility index (Phi) is 5.12. The zero-order valence-corrected chi connectivity index (χ0v) is 12.3. The number of benzene rings is 1. The fourth-order valence-electron chi connectivity index (χ4n) is 2.57. The molecule has 0 bridgehead atoms. The Morgan fingerprint density at radius 2 is 1.61 bits per heavy atom. The Bertz CT molecular complexity index is 565.